The van der Waals surface area contributed by atoms with Crippen molar-refractivity contribution in [2.75, 3.05) is 13.2 Å². The molecule has 0 saturated carbocycles. The zero-order valence-corrected chi connectivity index (χ0v) is 13.4. The van der Waals surface area contributed by atoms with E-state index in [9.17, 15) is 0 Å². The van der Waals surface area contributed by atoms with E-state index >= 15 is 0 Å². The molecule has 8 nitrogen and oxygen atoms in total. The van der Waals surface area contributed by atoms with Crippen LogP contribution in [0.15, 0.2) is 12.7 Å². The van der Waals surface area contributed by atoms with Crippen LogP contribution in [0, 0.1) is 5.92 Å². The van der Waals surface area contributed by atoms with E-state index in [1.165, 1.54) is 6.42 Å². The Hall–Kier alpha value is -2.35. The average Bonchev–Trinajstić information content (AvgIpc) is 3.29. The predicted octanol–water partition coefficient (Wildman–Crippen LogP) is 1.92. The molecule has 0 spiro atoms. The highest BCUT2D eigenvalue weighted by Gasteiger charge is 2.33. The molecule has 0 bridgehead atoms. The lowest BCUT2D eigenvalue weighted by Gasteiger charge is -2.32. The van der Waals surface area contributed by atoms with Crippen molar-refractivity contribution in [1.82, 2.24) is 34.7 Å². The first-order valence-corrected chi connectivity index (χ1v) is 8.57. The van der Waals surface area contributed by atoms with Crippen molar-refractivity contribution >= 4 is 11.2 Å². The number of aromatic nitrogens is 7. The Morgan fingerprint density at radius 2 is 2.00 bits per heavy atom. The molecule has 0 aliphatic carbocycles. The third-order valence-corrected chi connectivity index (χ3v) is 5.28. The van der Waals surface area contributed by atoms with Crippen molar-refractivity contribution in [3.8, 4) is 11.5 Å². The maximum atomic E-state index is 5.52. The smallest absolute Gasteiger partial charge is 0.185 e. The second-order valence-corrected chi connectivity index (χ2v) is 6.56. The predicted molar refractivity (Wildman–Crippen MR) is 86.2 cm³/mol. The van der Waals surface area contributed by atoms with Crippen LogP contribution in [0.25, 0.3) is 22.7 Å². The Labute approximate surface area is 138 Å². The van der Waals surface area contributed by atoms with Gasteiger partial charge in [-0.15, -0.1) is 10.2 Å². The van der Waals surface area contributed by atoms with E-state index in [0.29, 0.717) is 17.5 Å². The molecule has 1 N–H and O–H groups in total. The molecule has 1 saturated heterocycles. The summed E-state index contributed by atoms with van der Waals surface area (Å²) < 4.78 is 7.76. The van der Waals surface area contributed by atoms with Crippen molar-refractivity contribution in [2.45, 2.75) is 38.1 Å². The minimum Gasteiger partial charge on any atom is -0.381 e. The largest absolute Gasteiger partial charge is 0.381 e. The van der Waals surface area contributed by atoms with Crippen LogP contribution in [0.3, 0.4) is 0 Å². The summed E-state index contributed by atoms with van der Waals surface area (Å²) in [6.45, 7) is 2.67. The van der Waals surface area contributed by atoms with Gasteiger partial charge < -0.3 is 14.3 Å². The van der Waals surface area contributed by atoms with E-state index in [-0.39, 0.29) is 0 Å². The number of fused-ring (bicyclic) bond motifs is 2. The summed E-state index contributed by atoms with van der Waals surface area (Å²) in [7, 11) is 0. The maximum absolute atomic E-state index is 5.52. The summed E-state index contributed by atoms with van der Waals surface area (Å²) in [5, 5.41) is 9.04. The van der Waals surface area contributed by atoms with E-state index in [1.54, 1.807) is 12.7 Å². The van der Waals surface area contributed by atoms with Crippen LogP contribution < -0.4 is 0 Å². The number of hydrogen-bond acceptors (Lipinski definition) is 6. The molecule has 1 fully saturated rings. The monoisotopic (exact) mass is 325 g/mol. The van der Waals surface area contributed by atoms with Gasteiger partial charge >= 0.3 is 0 Å². The third kappa shape index (κ3) is 2.13. The lowest BCUT2D eigenvalue weighted by Crippen LogP contribution is -2.27. The molecule has 124 valence electrons. The fraction of sp³-hybridized carbons (Fsp3) is 0.562. The molecule has 8 heteroatoms. The minimum absolute atomic E-state index is 0.475. The average molecular weight is 325 g/mol. The lowest BCUT2D eigenvalue weighted by atomic mass is 9.81. The van der Waals surface area contributed by atoms with Crippen LogP contribution in [-0.2, 0) is 11.3 Å². The van der Waals surface area contributed by atoms with Gasteiger partial charge in [0, 0.05) is 25.7 Å². The van der Waals surface area contributed by atoms with Gasteiger partial charge in [-0.3, -0.25) is 0 Å². The molecule has 1 atom stereocenters. The molecular weight excluding hydrogens is 306 g/mol. The Morgan fingerprint density at radius 1 is 1.08 bits per heavy atom. The number of rotatable bonds is 2. The van der Waals surface area contributed by atoms with E-state index < -0.39 is 0 Å². The van der Waals surface area contributed by atoms with Crippen LogP contribution in [0.1, 0.15) is 37.4 Å². The molecule has 3 aromatic rings. The van der Waals surface area contributed by atoms with Crippen molar-refractivity contribution in [2.24, 2.45) is 5.92 Å². The molecule has 0 radical (unpaired) electrons. The Balaban J connectivity index is 1.58. The second kappa shape index (κ2) is 5.62. The van der Waals surface area contributed by atoms with Gasteiger partial charge in [-0.2, -0.15) is 0 Å². The number of nitrogens with zero attached hydrogens (tertiary/aromatic N) is 6. The first kappa shape index (κ1) is 14.0. The normalized spacial score (nSPS) is 21.9. The van der Waals surface area contributed by atoms with E-state index in [4.69, 9.17) is 4.74 Å². The SMILES string of the molecule is c1nc(-c2nnc3n2CCCC3C2CCOCC2)c2[nH]cnc2n1. The fourth-order valence-corrected chi connectivity index (χ4v) is 4.08. The van der Waals surface area contributed by atoms with Gasteiger partial charge in [0.05, 0.1) is 6.33 Å². The minimum atomic E-state index is 0.475. The van der Waals surface area contributed by atoms with Crippen LogP contribution >= 0.6 is 0 Å². The molecule has 1 unspecified atom stereocenters. The highest BCUT2D eigenvalue weighted by Crippen LogP contribution is 2.39. The van der Waals surface area contributed by atoms with Gasteiger partial charge in [0.1, 0.15) is 23.4 Å². The number of ether oxygens (including phenoxy) is 1. The molecule has 0 amide bonds. The molecule has 24 heavy (non-hydrogen) atoms. The topological polar surface area (TPSA) is 94.4 Å². The van der Waals surface area contributed by atoms with Gasteiger partial charge in [0.25, 0.3) is 0 Å². The number of hydrogen-bond donors (Lipinski definition) is 1. The van der Waals surface area contributed by atoms with Gasteiger partial charge in [0.2, 0.25) is 0 Å². The zero-order valence-electron chi connectivity index (χ0n) is 13.4. The summed E-state index contributed by atoms with van der Waals surface area (Å²) in [4.78, 5) is 16.0. The van der Waals surface area contributed by atoms with Crippen molar-refractivity contribution < 1.29 is 4.74 Å². The van der Waals surface area contributed by atoms with Crippen molar-refractivity contribution in [3.05, 3.63) is 18.5 Å². The van der Waals surface area contributed by atoms with Crippen molar-refractivity contribution in [3.63, 3.8) is 0 Å². The third-order valence-electron chi connectivity index (χ3n) is 5.28. The quantitative estimate of drug-likeness (QED) is 0.773. The summed E-state index contributed by atoms with van der Waals surface area (Å²) >= 11 is 0. The molecular formula is C16H19N7O. The van der Waals surface area contributed by atoms with Crippen LogP contribution in [0.5, 0.6) is 0 Å². The molecule has 2 aliphatic rings. The van der Waals surface area contributed by atoms with Crippen molar-refractivity contribution in [1.29, 1.82) is 0 Å². The van der Waals surface area contributed by atoms with Gasteiger partial charge in [-0.1, -0.05) is 0 Å². The van der Waals surface area contributed by atoms with E-state index in [0.717, 1.165) is 61.9 Å². The summed E-state index contributed by atoms with van der Waals surface area (Å²) in [6, 6.07) is 0. The first-order valence-electron chi connectivity index (χ1n) is 8.57. The molecule has 5 rings (SSSR count). The molecule has 2 aliphatic heterocycles. The Morgan fingerprint density at radius 3 is 2.92 bits per heavy atom. The summed E-state index contributed by atoms with van der Waals surface area (Å²) in [5.74, 6) is 3.04. The number of imidazole rings is 1. The zero-order chi connectivity index (χ0) is 15.9. The van der Waals surface area contributed by atoms with Gasteiger partial charge in [-0.25, -0.2) is 15.0 Å². The fourth-order valence-electron chi connectivity index (χ4n) is 4.08. The standard InChI is InChI=1S/C16H19N7O/c1-2-11(10-3-6-24-7-4-10)15-21-22-16(23(15)5-1)13-12-14(19-8-17-12)20-9-18-13/h8-11H,1-7H2,(H,17,18,19,20). The highest BCUT2D eigenvalue weighted by molar-refractivity contribution is 5.84. The number of aromatic amines is 1. The maximum Gasteiger partial charge on any atom is 0.185 e. The highest BCUT2D eigenvalue weighted by atomic mass is 16.5. The summed E-state index contributed by atoms with van der Waals surface area (Å²) in [5.41, 5.74) is 2.26. The number of nitrogens with one attached hydrogen (secondary N) is 1. The molecule has 3 aromatic heterocycles. The Kier molecular flexibility index (Phi) is 3.29. The van der Waals surface area contributed by atoms with E-state index in [2.05, 4.69) is 34.7 Å². The van der Waals surface area contributed by atoms with Crippen LogP contribution in [0.4, 0.5) is 0 Å². The van der Waals surface area contributed by atoms with Crippen LogP contribution in [0.2, 0.25) is 0 Å². The molecule has 5 heterocycles. The number of H-pyrrole nitrogens is 1. The van der Waals surface area contributed by atoms with Gasteiger partial charge in [-0.05, 0) is 31.6 Å². The lowest BCUT2D eigenvalue weighted by molar-refractivity contribution is 0.0534. The summed E-state index contributed by atoms with van der Waals surface area (Å²) in [6.07, 6.45) is 7.75. The first-order chi connectivity index (χ1) is 11.9. The van der Waals surface area contributed by atoms with Gasteiger partial charge in [0.15, 0.2) is 11.5 Å². The molecule has 0 aromatic carbocycles. The second-order valence-electron chi connectivity index (χ2n) is 6.56. The van der Waals surface area contributed by atoms with Crippen LogP contribution in [-0.4, -0.2) is 47.9 Å². The van der Waals surface area contributed by atoms with E-state index in [1.807, 2.05) is 0 Å². The Bertz CT molecular complexity index is 864.